The molecule has 1 amide bonds. The zero-order valence-electron chi connectivity index (χ0n) is 10.1. The quantitative estimate of drug-likeness (QED) is 0.408. The van der Waals surface area contributed by atoms with Gasteiger partial charge in [-0.15, -0.1) is 0 Å². The van der Waals surface area contributed by atoms with Crippen molar-refractivity contribution in [2.45, 2.75) is 32.1 Å². The fourth-order valence-corrected chi connectivity index (χ4v) is 2.09. The molecular formula is C12H19NO3S. The van der Waals surface area contributed by atoms with Gasteiger partial charge in [0.15, 0.2) is 0 Å². The average molecular weight is 257 g/mol. The van der Waals surface area contributed by atoms with E-state index in [2.05, 4.69) is 17.9 Å². The van der Waals surface area contributed by atoms with Gasteiger partial charge in [-0.2, -0.15) is 12.6 Å². The third-order valence-electron chi connectivity index (χ3n) is 3.02. The van der Waals surface area contributed by atoms with Gasteiger partial charge in [0.05, 0.1) is 17.2 Å². The molecule has 1 aliphatic carbocycles. The summed E-state index contributed by atoms with van der Waals surface area (Å²) < 4.78 is 0. The molecule has 1 aliphatic rings. The molecule has 0 fully saturated rings. The third-order valence-corrected chi connectivity index (χ3v) is 3.52. The predicted octanol–water partition coefficient (Wildman–Crippen LogP) is 1.68. The second kappa shape index (κ2) is 6.10. The van der Waals surface area contributed by atoms with Crippen LogP contribution in [0.2, 0.25) is 0 Å². The highest BCUT2D eigenvalue weighted by molar-refractivity contribution is 7.80. The maximum Gasteiger partial charge on any atom is 0.311 e. The summed E-state index contributed by atoms with van der Waals surface area (Å²) in [5.41, 5.74) is 0. The summed E-state index contributed by atoms with van der Waals surface area (Å²) in [6, 6.07) is 0. The second-order valence-electron chi connectivity index (χ2n) is 4.50. The Kier molecular flexibility index (Phi) is 5.05. The number of nitrogens with one attached hydrogen (secondary N) is 1. The molecule has 0 spiro atoms. The van der Waals surface area contributed by atoms with Crippen molar-refractivity contribution in [3.8, 4) is 0 Å². The molecule has 0 aliphatic heterocycles. The summed E-state index contributed by atoms with van der Waals surface area (Å²) >= 11 is 4.20. The maximum absolute atomic E-state index is 12.0. The molecule has 0 aromatic carbocycles. The molecule has 0 bridgehead atoms. The van der Waals surface area contributed by atoms with E-state index >= 15 is 0 Å². The molecule has 17 heavy (non-hydrogen) atoms. The minimum Gasteiger partial charge on any atom is -0.481 e. The minimum absolute atomic E-state index is 0.210. The number of hydrogen-bond acceptors (Lipinski definition) is 3. The van der Waals surface area contributed by atoms with E-state index < -0.39 is 17.8 Å². The van der Waals surface area contributed by atoms with E-state index in [4.69, 9.17) is 5.11 Å². The van der Waals surface area contributed by atoms with Gasteiger partial charge in [0.2, 0.25) is 5.91 Å². The smallest absolute Gasteiger partial charge is 0.311 e. The third kappa shape index (κ3) is 3.77. The number of amides is 1. The minimum atomic E-state index is -0.944. The van der Waals surface area contributed by atoms with Crippen LogP contribution in [0.5, 0.6) is 0 Å². The summed E-state index contributed by atoms with van der Waals surface area (Å²) in [7, 11) is 0. The van der Waals surface area contributed by atoms with Crippen LogP contribution in [0.25, 0.3) is 0 Å². The van der Waals surface area contributed by atoms with Crippen molar-refractivity contribution in [2.75, 3.05) is 0 Å². The van der Waals surface area contributed by atoms with Crippen molar-refractivity contribution in [3.05, 3.63) is 12.2 Å². The first-order chi connectivity index (χ1) is 7.95. The van der Waals surface area contributed by atoms with Crippen molar-refractivity contribution >= 4 is 24.5 Å². The van der Waals surface area contributed by atoms with Crippen molar-refractivity contribution in [1.29, 1.82) is 0 Å². The number of carboxylic acid groups (broad SMARTS) is 1. The van der Waals surface area contributed by atoms with Crippen molar-refractivity contribution in [2.24, 2.45) is 17.8 Å². The van der Waals surface area contributed by atoms with Gasteiger partial charge in [-0.1, -0.05) is 26.0 Å². The van der Waals surface area contributed by atoms with Gasteiger partial charge >= 0.3 is 5.97 Å². The van der Waals surface area contributed by atoms with Crippen molar-refractivity contribution in [1.82, 2.24) is 5.32 Å². The fourth-order valence-electron chi connectivity index (χ4n) is 1.97. The molecule has 0 heterocycles. The Morgan fingerprint density at radius 1 is 1.53 bits per heavy atom. The molecule has 0 radical (unpaired) electrons. The lowest BCUT2D eigenvalue weighted by Gasteiger charge is -2.27. The zero-order valence-corrected chi connectivity index (χ0v) is 11.0. The van der Waals surface area contributed by atoms with Crippen LogP contribution >= 0.6 is 12.6 Å². The van der Waals surface area contributed by atoms with E-state index in [1.165, 1.54) is 0 Å². The standard InChI is InChI=1S/C12H19NO3S/c1-3-10(17)13-11(14)9-6-7(2)4-5-8(9)12(15)16/h4-5,7-10,17H,3,6H2,1-2H3,(H,13,14)(H,15,16). The largest absolute Gasteiger partial charge is 0.481 e. The molecular weight excluding hydrogens is 238 g/mol. The van der Waals surface area contributed by atoms with Gasteiger partial charge in [0, 0.05) is 0 Å². The van der Waals surface area contributed by atoms with E-state index in [0.29, 0.717) is 12.8 Å². The van der Waals surface area contributed by atoms with Crippen LogP contribution in [-0.2, 0) is 9.59 Å². The van der Waals surface area contributed by atoms with E-state index in [1.54, 1.807) is 6.08 Å². The first-order valence-electron chi connectivity index (χ1n) is 5.85. The Bertz CT molecular complexity index is 330. The lowest BCUT2D eigenvalue weighted by molar-refractivity contribution is -0.145. The Morgan fingerprint density at radius 3 is 2.71 bits per heavy atom. The van der Waals surface area contributed by atoms with Gasteiger partial charge < -0.3 is 10.4 Å². The van der Waals surface area contributed by atoms with Gasteiger partial charge in [-0.25, -0.2) is 0 Å². The van der Waals surface area contributed by atoms with Crippen LogP contribution in [0.1, 0.15) is 26.7 Å². The molecule has 2 N–H and O–H groups in total. The number of carbonyl (C=O) groups is 2. The molecule has 4 atom stereocenters. The van der Waals surface area contributed by atoms with Crippen molar-refractivity contribution < 1.29 is 14.7 Å². The SMILES string of the molecule is CCC(S)NC(=O)C1CC(C)C=CC1C(=O)O. The molecule has 0 saturated heterocycles. The molecule has 0 saturated carbocycles. The van der Waals surface area contributed by atoms with E-state index in [0.717, 1.165) is 0 Å². The highest BCUT2D eigenvalue weighted by Gasteiger charge is 2.35. The number of aliphatic carboxylic acids is 1. The fraction of sp³-hybridized carbons (Fsp3) is 0.667. The van der Waals surface area contributed by atoms with Gasteiger partial charge in [0.25, 0.3) is 0 Å². The number of allylic oxidation sites excluding steroid dienone is 1. The summed E-state index contributed by atoms with van der Waals surface area (Å²) in [5.74, 6) is -2.13. The van der Waals surface area contributed by atoms with Crippen molar-refractivity contribution in [3.63, 3.8) is 0 Å². The normalized spacial score (nSPS) is 29.7. The van der Waals surface area contributed by atoms with E-state index in [1.807, 2.05) is 19.9 Å². The number of carbonyl (C=O) groups excluding carboxylic acids is 1. The first-order valence-corrected chi connectivity index (χ1v) is 6.37. The van der Waals surface area contributed by atoms with E-state index in [-0.39, 0.29) is 17.2 Å². The van der Waals surface area contributed by atoms with Crippen LogP contribution in [0, 0.1) is 17.8 Å². The van der Waals surface area contributed by atoms with Crippen LogP contribution in [0.3, 0.4) is 0 Å². The predicted molar refractivity (Wildman–Crippen MR) is 68.7 cm³/mol. The molecule has 1 rings (SSSR count). The van der Waals surface area contributed by atoms with Crippen LogP contribution in [0.4, 0.5) is 0 Å². The Hall–Kier alpha value is -0.970. The molecule has 4 unspecified atom stereocenters. The summed E-state index contributed by atoms with van der Waals surface area (Å²) in [4.78, 5) is 23.1. The van der Waals surface area contributed by atoms with Crippen LogP contribution < -0.4 is 5.32 Å². The highest BCUT2D eigenvalue weighted by Crippen LogP contribution is 2.29. The van der Waals surface area contributed by atoms with E-state index in [9.17, 15) is 9.59 Å². The maximum atomic E-state index is 12.0. The van der Waals surface area contributed by atoms with Crippen LogP contribution in [0.15, 0.2) is 12.2 Å². The van der Waals surface area contributed by atoms with Gasteiger partial charge in [-0.3, -0.25) is 9.59 Å². The molecule has 4 nitrogen and oxygen atoms in total. The van der Waals surface area contributed by atoms with Gasteiger partial charge in [-0.05, 0) is 18.8 Å². The molecule has 96 valence electrons. The van der Waals surface area contributed by atoms with Gasteiger partial charge in [0.1, 0.15) is 0 Å². The summed E-state index contributed by atoms with van der Waals surface area (Å²) in [5, 5.41) is 11.6. The summed E-state index contributed by atoms with van der Waals surface area (Å²) in [6.45, 7) is 3.89. The first kappa shape index (κ1) is 14.1. The number of rotatable bonds is 4. The summed E-state index contributed by atoms with van der Waals surface area (Å²) in [6.07, 6.45) is 4.77. The second-order valence-corrected chi connectivity index (χ2v) is 5.12. The molecule has 5 heteroatoms. The highest BCUT2D eigenvalue weighted by atomic mass is 32.1. The monoisotopic (exact) mass is 257 g/mol. The molecule has 0 aromatic rings. The van der Waals surface area contributed by atoms with Crippen LogP contribution in [-0.4, -0.2) is 22.4 Å². The lowest BCUT2D eigenvalue weighted by atomic mass is 9.79. The molecule has 0 aromatic heterocycles. The Balaban J connectivity index is 2.75. The average Bonchev–Trinajstić information content (AvgIpc) is 2.28. The lowest BCUT2D eigenvalue weighted by Crippen LogP contribution is -2.42. The Morgan fingerprint density at radius 2 is 2.18 bits per heavy atom. The zero-order chi connectivity index (χ0) is 13.0. The topological polar surface area (TPSA) is 66.4 Å². The number of thiol groups is 1. The number of hydrogen-bond donors (Lipinski definition) is 3. The Labute approximate surface area is 107 Å². The number of carboxylic acids is 1.